The highest BCUT2D eigenvalue weighted by Crippen LogP contribution is 2.22. The predicted molar refractivity (Wildman–Crippen MR) is 60.4 cm³/mol. The van der Waals surface area contributed by atoms with Gasteiger partial charge in [0.2, 0.25) is 5.91 Å². The lowest BCUT2D eigenvalue weighted by Gasteiger charge is -2.21. The molecule has 0 aliphatic carbocycles. The molecule has 0 spiro atoms. The summed E-state index contributed by atoms with van der Waals surface area (Å²) < 4.78 is 0. The van der Waals surface area contributed by atoms with Crippen molar-refractivity contribution in [1.82, 2.24) is 9.80 Å². The number of amides is 1. The standard InChI is InChI=1S/C12H20N2O/c1-10-5-8-14(11(10)2)12(15)9-13-6-3-4-7-13/h3-9H2,1-2H3. The Morgan fingerprint density at radius 2 is 1.87 bits per heavy atom. The minimum Gasteiger partial charge on any atom is -0.315 e. The van der Waals surface area contributed by atoms with Gasteiger partial charge in [0.05, 0.1) is 6.54 Å². The van der Waals surface area contributed by atoms with Gasteiger partial charge < -0.3 is 4.90 Å². The van der Waals surface area contributed by atoms with E-state index in [-0.39, 0.29) is 5.91 Å². The summed E-state index contributed by atoms with van der Waals surface area (Å²) in [4.78, 5) is 16.2. The van der Waals surface area contributed by atoms with Crippen molar-refractivity contribution in [3.8, 4) is 0 Å². The number of carbonyl (C=O) groups is 1. The minimum absolute atomic E-state index is 0.284. The fourth-order valence-corrected chi connectivity index (χ4v) is 2.39. The van der Waals surface area contributed by atoms with Gasteiger partial charge in [-0.25, -0.2) is 0 Å². The van der Waals surface area contributed by atoms with E-state index in [4.69, 9.17) is 0 Å². The van der Waals surface area contributed by atoms with Crippen molar-refractivity contribution in [1.29, 1.82) is 0 Å². The lowest BCUT2D eigenvalue weighted by Crippen LogP contribution is -2.37. The van der Waals surface area contributed by atoms with Crippen LogP contribution in [0, 0.1) is 0 Å². The van der Waals surface area contributed by atoms with Gasteiger partial charge in [0.25, 0.3) is 0 Å². The molecule has 2 aliphatic heterocycles. The Kier molecular flexibility index (Phi) is 3.10. The van der Waals surface area contributed by atoms with Gasteiger partial charge >= 0.3 is 0 Å². The van der Waals surface area contributed by atoms with Crippen molar-refractivity contribution in [2.45, 2.75) is 33.1 Å². The third kappa shape index (κ3) is 2.23. The summed E-state index contributed by atoms with van der Waals surface area (Å²) in [6.07, 6.45) is 3.56. The van der Waals surface area contributed by atoms with Gasteiger partial charge in [0.15, 0.2) is 0 Å². The zero-order chi connectivity index (χ0) is 10.8. The molecule has 0 radical (unpaired) electrons. The molecule has 0 N–H and O–H groups in total. The Hall–Kier alpha value is -0.830. The number of likely N-dealkylation sites (tertiary alicyclic amines) is 1. The van der Waals surface area contributed by atoms with Gasteiger partial charge in [-0.2, -0.15) is 0 Å². The van der Waals surface area contributed by atoms with E-state index in [2.05, 4.69) is 18.7 Å². The lowest BCUT2D eigenvalue weighted by molar-refractivity contribution is -0.129. The molecule has 0 aromatic carbocycles. The van der Waals surface area contributed by atoms with Crippen LogP contribution in [0.2, 0.25) is 0 Å². The maximum Gasteiger partial charge on any atom is 0.240 e. The third-order valence-corrected chi connectivity index (χ3v) is 3.59. The van der Waals surface area contributed by atoms with Crippen LogP contribution < -0.4 is 0 Å². The quantitative estimate of drug-likeness (QED) is 0.688. The Morgan fingerprint density at radius 1 is 1.20 bits per heavy atom. The average Bonchev–Trinajstić information content (AvgIpc) is 2.79. The van der Waals surface area contributed by atoms with Crippen LogP contribution in [-0.2, 0) is 4.79 Å². The van der Waals surface area contributed by atoms with E-state index in [1.54, 1.807) is 0 Å². The fraction of sp³-hybridized carbons (Fsp3) is 0.750. The molecular weight excluding hydrogens is 188 g/mol. The molecule has 1 amide bonds. The van der Waals surface area contributed by atoms with Crippen molar-refractivity contribution in [2.24, 2.45) is 0 Å². The number of rotatable bonds is 2. The van der Waals surface area contributed by atoms with Gasteiger partial charge in [-0.15, -0.1) is 0 Å². The first kappa shape index (κ1) is 10.7. The fourth-order valence-electron chi connectivity index (χ4n) is 2.39. The second-order valence-corrected chi connectivity index (χ2v) is 4.64. The number of allylic oxidation sites excluding steroid dienone is 1. The van der Waals surface area contributed by atoms with Crippen molar-refractivity contribution in [3.05, 3.63) is 11.3 Å². The molecule has 84 valence electrons. The molecule has 0 atom stereocenters. The van der Waals surface area contributed by atoms with Crippen LogP contribution >= 0.6 is 0 Å². The van der Waals surface area contributed by atoms with Crippen molar-refractivity contribution < 1.29 is 4.79 Å². The summed E-state index contributed by atoms with van der Waals surface area (Å²) in [5.41, 5.74) is 2.55. The molecule has 0 unspecified atom stereocenters. The van der Waals surface area contributed by atoms with Gasteiger partial charge in [-0.1, -0.05) is 5.57 Å². The lowest BCUT2D eigenvalue weighted by atomic mass is 10.2. The van der Waals surface area contributed by atoms with E-state index >= 15 is 0 Å². The van der Waals surface area contributed by atoms with Crippen LogP contribution in [0.5, 0.6) is 0 Å². The molecule has 2 aliphatic rings. The van der Waals surface area contributed by atoms with E-state index in [9.17, 15) is 4.79 Å². The summed E-state index contributed by atoms with van der Waals surface area (Å²) in [6, 6.07) is 0. The highest BCUT2D eigenvalue weighted by Gasteiger charge is 2.24. The zero-order valence-electron chi connectivity index (χ0n) is 9.75. The maximum atomic E-state index is 12.0. The molecule has 3 nitrogen and oxygen atoms in total. The molecular formula is C12H20N2O. The first-order valence-electron chi connectivity index (χ1n) is 5.87. The normalized spacial score (nSPS) is 22.9. The van der Waals surface area contributed by atoms with E-state index in [1.807, 2.05) is 4.90 Å². The molecule has 0 aromatic rings. The second-order valence-electron chi connectivity index (χ2n) is 4.64. The predicted octanol–water partition coefficient (Wildman–Crippen LogP) is 1.61. The number of carbonyl (C=O) groups excluding carboxylic acids is 1. The number of hydrogen-bond donors (Lipinski definition) is 0. The molecule has 0 aromatic heterocycles. The van der Waals surface area contributed by atoms with Crippen LogP contribution in [0.25, 0.3) is 0 Å². The minimum atomic E-state index is 0.284. The van der Waals surface area contributed by atoms with E-state index in [0.717, 1.165) is 26.1 Å². The monoisotopic (exact) mass is 208 g/mol. The summed E-state index contributed by atoms with van der Waals surface area (Å²) in [5.74, 6) is 0.284. The van der Waals surface area contributed by atoms with Gasteiger partial charge in [0, 0.05) is 12.2 Å². The number of nitrogens with zero attached hydrogens (tertiary/aromatic N) is 2. The van der Waals surface area contributed by atoms with Crippen molar-refractivity contribution >= 4 is 5.91 Å². The Balaban J connectivity index is 1.91. The van der Waals surface area contributed by atoms with E-state index < -0.39 is 0 Å². The van der Waals surface area contributed by atoms with Gasteiger partial charge in [-0.05, 0) is 46.2 Å². The molecule has 0 saturated carbocycles. The highest BCUT2D eigenvalue weighted by atomic mass is 16.2. The van der Waals surface area contributed by atoms with Crippen LogP contribution in [0.15, 0.2) is 11.3 Å². The Bertz CT molecular complexity index is 290. The van der Waals surface area contributed by atoms with Crippen molar-refractivity contribution in [2.75, 3.05) is 26.2 Å². The third-order valence-electron chi connectivity index (χ3n) is 3.59. The van der Waals surface area contributed by atoms with Crippen LogP contribution in [0.1, 0.15) is 33.1 Å². The molecule has 1 fully saturated rings. The highest BCUT2D eigenvalue weighted by molar-refractivity contribution is 5.80. The summed E-state index contributed by atoms with van der Waals surface area (Å²) >= 11 is 0. The molecule has 0 bridgehead atoms. The first-order valence-corrected chi connectivity index (χ1v) is 5.87. The molecule has 2 heterocycles. The van der Waals surface area contributed by atoms with Crippen LogP contribution in [0.3, 0.4) is 0 Å². The van der Waals surface area contributed by atoms with Crippen LogP contribution in [-0.4, -0.2) is 41.9 Å². The maximum absolute atomic E-state index is 12.0. The van der Waals surface area contributed by atoms with Crippen LogP contribution in [0.4, 0.5) is 0 Å². The van der Waals surface area contributed by atoms with Gasteiger partial charge in [-0.3, -0.25) is 9.69 Å². The van der Waals surface area contributed by atoms with E-state index in [0.29, 0.717) is 6.54 Å². The zero-order valence-corrected chi connectivity index (χ0v) is 9.75. The first-order chi connectivity index (χ1) is 7.18. The summed E-state index contributed by atoms with van der Waals surface area (Å²) in [5, 5.41) is 0. The molecule has 1 saturated heterocycles. The van der Waals surface area contributed by atoms with E-state index in [1.165, 1.54) is 24.1 Å². The topological polar surface area (TPSA) is 23.6 Å². The molecule has 2 rings (SSSR count). The molecule has 15 heavy (non-hydrogen) atoms. The summed E-state index contributed by atoms with van der Waals surface area (Å²) in [7, 11) is 0. The average molecular weight is 208 g/mol. The number of hydrogen-bond acceptors (Lipinski definition) is 2. The molecule has 3 heteroatoms. The second kappa shape index (κ2) is 4.35. The Labute approximate surface area is 91.7 Å². The SMILES string of the molecule is CC1=C(C)N(C(=O)CN2CCCC2)CC1. The van der Waals surface area contributed by atoms with Gasteiger partial charge in [0.1, 0.15) is 0 Å². The smallest absolute Gasteiger partial charge is 0.240 e. The Morgan fingerprint density at radius 3 is 2.40 bits per heavy atom. The largest absolute Gasteiger partial charge is 0.315 e. The summed E-state index contributed by atoms with van der Waals surface area (Å²) in [6.45, 7) is 7.89. The van der Waals surface area contributed by atoms with Crippen molar-refractivity contribution in [3.63, 3.8) is 0 Å².